The van der Waals surface area contributed by atoms with Crippen LogP contribution in [-0.2, 0) is 11.2 Å². The fourth-order valence-corrected chi connectivity index (χ4v) is 2.38. The number of benzene rings is 2. The van der Waals surface area contributed by atoms with E-state index in [1.165, 1.54) is 5.56 Å². The van der Waals surface area contributed by atoms with Gasteiger partial charge in [-0.3, -0.25) is 4.79 Å². The van der Waals surface area contributed by atoms with E-state index < -0.39 is 0 Å². The summed E-state index contributed by atoms with van der Waals surface area (Å²) in [6.45, 7) is 3.85. The zero-order valence-electron chi connectivity index (χ0n) is 12.7. The van der Waals surface area contributed by atoms with Crippen molar-refractivity contribution in [2.24, 2.45) is 0 Å². The Balaban J connectivity index is 1.67. The lowest BCUT2D eigenvalue weighted by Gasteiger charge is -2.06. The summed E-state index contributed by atoms with van der Waals surface area (Å²) in [5, 5.41) is 2.91. The number of carbonyl (C=O) groups excluding carboxylic acids is 1. The lowest BCUT2D eigenvalue weighted by molar-refractivity contribution is -0.116. The van der Waals surface area contributed by atoms with E-state index >= 15 is 0 Å². The molecule has 0 radical (unpaired) electrons. The molecule has 4 heteroatoms. The molecule has 112 valence electrons. The minimum Gasteiger partial charge on any atom is -0.439 e. The molecule has 0 aliphatic carbocycles. The molecule has 3 rings (SSSR count). The summed E-state index contributed by atoms with van der Waals surface area (Å²) < 4.78 is 5.55. The number of carbonyl (C=O) groups is 1. The Morgan fingerprint density at radius 2 is 1.91 bits per heavy atom. The van der Waals surface area contributed by atoms with E-state index in [1.54, 1.807) is 6.92 Å². The predicted molar refractivity (Wildman–Crippen MR) is 86.9 cm³/mol. The van der Waals surface area contributed by atoms with E-state index in [4.69, 9.17) is 4.42 Å². The third-order valence-electron chi connectivity index (χ3n) is 3.56. The van der Waals surface area contributed by atoms with Crippen molar-refractivity contribution in [1.29, 1.82) is 0 Å². The number of hydrogen-bond acceptors (Lipinski definition) is 3. The van der Waals surface area contributed by atoms with E-state index in [2.05, 4.69) is 41.5 Å². The molecule has 1 amide bonds. The highest BCUT2D eigenvalue weighted by Crippen LogP contribution is 2.24. The summed E-state index contributed by atoms with van der Waals surface area (Å²) >= 11 is 0. The van der Waals surface area contributed by atoms with Crippen LogP contribution in [0.2, 0.25) is 0 Å². The van der Waals surface area contributed by atoms with Crippen LogP contribution in [0.25, 0.3) is 11.1 Å². The van der Waals surface area contributed by atoms with Crippen LogP contribution in [0.4, 0.5) is 5.69 Å². The number of amides is 1. The molecule has 0 saturated heterocycles. The molecule has 2 aromatic carbocycles. The van der Waals surface area contributed by atoms with Crippen molar-refractivity contribution in [3.8, 4) is 0 Å². The van der Waals surface area contributed by atoms with Gasteiger partial charge in [0.15, 0.2) is 11.5 Å². The lowest BCUT2D eigenvalue weighted by atomic mass is 10.1. The van der Waals surface area contributed by atoms with Crippen LogP contribution in [0.1, 0.15) is 23.4 Å². The van der Waals surface area contributed by atoms with Crippen molar-refractivity contribution in [3.05, 3.63) is 59.5 Å². The van der Waals surface area contributed by atoms with Gasteiger partial charge in [0.2, 0.25) is 5.91 Å². The normalized spacial score (nSPS) is 10.8. The van der Waals surface area contributed by atoms with Crippen LogP contribution in [-0.4, -0.2) is 10.9 Å². The van der Waals surface area contributed by atoms with Crippen LogP contribution in [0.5, 0.6) is 0 Å². The molecule has 0 bridgehead atoms. The van der Waals surface area contributed by atoms with E-state index in [9.17, 15) is 4.79 Å². The monoisotopic (exact) mass is 294 g/mol. The first-order chi connectivity index (χ1) is 10.6. The zero-order valence-corrected chi connectivity index (χ0v) is 12.7. The van der Waals surface area contributed by atoms with Crippen molar-refractivity contribution in [2.75, 3.05) is 5.32 Å². The van der Waals surface area contributed by atoms with Gasteiger partial charge < -0.3 is 9.73 Å². The molecule has 3 aromatic rings. The highest BCUT2D eigenvalue weighted by atomic mass is 16.3. The van der Waals surface area contributed by atoms with Gasteiger partial charge in [0, 0.05) is 13.3 Å². The molecule has 0 atom stereocenters. The molecule has 1 heterocycles. The number of nitrogens with zero attached hydrogens (tertiary/aromatic N) is 1. The van der Waals surface area contributed by atoms with E-state index in [1.807, 2.05) is 18.2 Å². The SMILES string of the molecule is Cc1ccc(CCC(=O)Nc2cccc3nc(C)oc23)cc1. The van der Waals surface area contributed by atoms with Gasteiger partial charge in [-0.15, -0.1) is 0 Å². The van der Waals surface area contributed by atoms with Crippen molar-refractivity contribution in [3.63, 3.8) is 0 Å². The summed E-state index contributed by atoms with van der Waals surface area (Å²) in [5.41, 5.74) is 4.44. The minimum atomic E-state index is -0.0258. The van der Waals surface area contributed by atoms with Gasteiger partial charge in [-0.05, 0) is 31.0 Å². The highest BCUT2D eigenvalue weighted by Gasteiger charge is 2.10. The van der Waals surface area contributed by atoms with Crippen molar-refractivity contribution in [1.82, 2.24) is 4.98 Å². The predicted octanol–water partition coefficient (Wildman–Crippen LogP) is 4.02. The van der Waals surface area contributed by atoms with Gasteiger partial charge in [0.05, 0.1) is 5.69 Å². The molecular weight excluding hydrogens is 276 g/mol. The standard InChI is InChI=1S/C18H18N2O2/c1-12-6-8-14(9-7-12)10-11-17(21)20-16-5-3-4-15-18(16)22-13(2)19-15/h3-9H,10-11H2,1-2H3,(H,20,21). The minimum absolute atomic E-state index is 0.0258. The molecule has 0 aliphatic heterocycles. The average molecular weight is 294 g/mol. The van der Waals surface area contributed by atoms with E-state index in [0.29, 0.717) is 23.6 Å². The summed E-state index contributed by atoms with van der Waals surface area (Å²) in [6.07, 6.45) is 1.16. The molecule has 4 nitrogen and oxygen atoms in total. The van der Waals surface area contributed by atoms with Gasteiger partial charge in [-0.1, -0.05) is 35.9 Å². The van der Waals surface area contributed by atoms with E-state index in [-0.39, 0.29) is 5.91 Å². The van der Waals surface area contributed by atoms with Crippen LogP contribution in [0, 0.1) is 13.8 Å². The van der Waals surface area contributed by atoms with Crippen LogP contribution in [0.3, 0.4) is 0 Å². The van der Waals surface area contributed by atoms with Gasteiger partial charge >= 0.3 is 0 Å². The Hall–Kier alpha value is -2.62. The first-order valence-corrected chi connectivity index (χ1v) is 7.33. The summed E-state index contributed by atoms with van der Waals surface area (Å²) in [5.74, 6) is 0.568. The summed E-state index contributed by atoms with van der Waals surface area (Å²) in [4.78, 5) is 16.4. The first-order valence-electron chi connectivity index (χ1n) is 7.33. The van der Waals surface area contributed by atoms with Gasteiger partial charge in [-0.2, -0.15) is 0 Å². The summed E-state index contributed by atoms with van der Waals surface area (Å²) in [7, 11) is 0. The molecule has 0 spiro atoms. The zero-order chi connectivity index (χ0) is 15.5. The molecule has 0 unspecified atom stereocenters. The fourth-order valence-electron chi connectivity index (χ4n) is 2.38. The maximum atomic E-state index is 12.1. The number of rotatable bonds is 4. The number of anilines is 1. The quantitative estimate of drug-likeness (QED) is 0.790. The number of para-hydroxylation sites is 1. The first kappa shape index (κ1) is 14.3. The highest BCUT2D eigenvalue weighted by molar-refractivity contribution is 5.98. The third kappa shape index (κ3) is 3.17. The lowest BCUT2D eigenvalue weighted by Crippen LogP contribution is -2.12. The number of aromatic nitrogens is 1. The molecule has 1 N–H and O–H groups in total. The Labute approximate surface area is 129 Å². The fraction of sp³-hybridized carbons (Fsp3) is 0.222. The van der Waals surface area contributed by atoms with E-state index in [0.717, 1.165) is 17.5 Å². The Kier molecular flexibility index (Phi) is 3.92. The molecule has 0 saturated carbocycles. The van der Waals surface area contributed by atoms with Crippen molar-refractivity contribution >= 4 is 22.7 Å². The van der Waals surface area contributed by atoms with Crippen LogP contribution < -0.4 is 5.32 Å². The topological polar surface area (TPSA) is 55.1 Å². The second-order valence-corrected chi connectivity index (χ2v) is 5.42. The number of nitrogens with one attached hydrogen (secondary N) is 1. The Morgan fingerprint density at radius 3 is 2.68 bits per heavy atom. The smallest absolute Gasteiger partial charge is 0.224 e. The number of hydrogen-bond donors (Lipinski definition) is 1. The molecule has 1 aromatic heterocycles. The van der Waals surface area contributed by atoms with Gasteiger partial charge in [0.1, 0.15) is 5.52 Å². The maximum absolute atomic E-state index is 12.1. The van der Waals surface area contributed by atoms with Crippen LogP contribution in [0.15, 0.2) is 46.9 Å². The van der Waals surface area contributed by atoms with Crippen molar-refractivity contribution in [2.45, 2.75) is 26.7 Å². The Morgan fingerprint density at radius 1 is 1.14 bits per heavy atom. The molecule has 0 fully saturated rings. The average Bonchev–Trinajstić information content (AvgIpc) is 2.88. The maximum Gasteiger partial charge on any atom is 0.224 e. The second kappa shape index (κ2) is 6.02. The summed E-state index contributed by atoms with van der Waals surface area (Å²) in [6, 6.07) is 13.8. The molecule has 22 heavy (non-hydrogen) atoms. The number of fused-ring (bicyclic) bond motifs is 1. The van der Waals surface area contributed by atoms with Gasteiger partial charge in [0.25, 0.3) is 0 Å². The van der Waals surface area contributed by atoms with Crippen molar-refractivity contribution < 1.29 is 9.21 Å². The van der Waals surface area contributed by atoms with Crippen LogP contribution >= 0.6 is 0 Å². The second-order valence-electron chi connectivity index (χ2n) is 5.42. The number of oxazole rings is 1. The molecule has 0 aliphatic rings. The number of aryl methyl sites for hydroxylation is 3. The Bertz CT molecular complexity index is 804. The largest absolute Gasteiger partial charge is 0.439 e. The van der Waals surface area contributed by atoms with Gasteiger partial charge in [-0.25, -0.2) is 4.98 Å². The molecular formula is C18H18N2O2. The third-order valence-corrected chi connectivity index (χ3v) is 3.56.